The molecule has 3 atom stereocenters. The van der Waals surface area contributed by atoms with E-state index in [2.05, 4.69) is 5.32 Å². The monoisotopic (exact) mass is 688 g/mol. The van der Waals surface area contributed by atoms with Crippen LogP contribution in [0.25, 0.3) is 0 Å². The summed E-state index contributed by atoms with van der Waals surface area (Å²) >= 11 is 11.2. The largest absolute Gasteiger partial charge is 0.480 e. The molecule has 44 heavy (non-hydrogen) atoms. The Labute approximate surface area is 255 Å². The summed E-state index contributed by atoms with van der Waals surface area (Å²) < 4.78 is 61.1. The number of anilines is 1. The molecule has 15 nitrogen and oxygen atoms in total. The van der Waals surface area contributed by atoms with Gasteiger partial charge in [-0.1, -0.05) is 35.3 Å². The number of carboxylic acids is 1. The Balaban J connectivity index is 2.38. The van der Waals surface area contributed by atoms with E-state index in [0.717, 1.165) is 48.5 Å². The number of halogens is 5. The van der Waals surface area contributed by atoms with Gasteiger partial charge in [0.05, 0.1) is 17.1 Å². The third-order valence-corrected chi connectivity index (χ3v) is 6.95. The topological polar surface area (TPSA) is 224 Å². The number of nitrogens with zero attached hydrogens (tertiary/aromatic N) is 1. The molecule has 0 heterocycles. The molecule has 240 valence electrons. The van der Waals surface area contributed by atoms with Gasteiger partial charge in [-0.3, -0.25) is 33.6 Å². The predicted octanol–water partition coefficient (Wildman–Crippen LogP) is 3.64. The van der Waals surface area contributed by atoms with Gasteiger partial charge < -0.3 is 30.7 Å². The lowest BCUT2D eigenvalue weighted by Crippen LogP contribution is -2.46. The van der Waals surface area contributed by atoms with Crippen LogP contribution in [-0.4, -0.2) is 69.0 Å². The molecular weight excluding hydrogens is 667 g/mol. The van der Waals surface area contributed by atoms with Crippen molar-refractivity contribution in [2.45, 2.75) is 29.3 Å². The maximum absolute atomic E-state index is 13.2. The Bertz CT molecular complexity index is 1410. The number of ether oxygens (including phenoxy) is 1. The van der Waals surface area contributed by atoms with Gasteiger partial charge in [-0.2, -0.15) is 13.2 Å². The van der Waals surface area contributed by atoms with E-state index in [1.54, 1.807) is 5.32 Å². The fourth-order valence-electron chi connectivity index (χ4n) is 3.31. The van der Waals surface area contributed by atoms with E-state index in [9.17, 15) is 51.9 Å². The average molecular weight is 689 g/mol. The molecule has 0 aliphatic rings. The minimum Gasteiger partial charge on any atom is -0.480 e. The first kappa shape index (κ1) is 36.2. The highest BCUT2D eigenvalue weighted by Gasteiger charge is 2.39. The van der Waals surface area contributed by atoms with Crippen LogP contribution in [0.1, 0.15) is 17.2 Å². The number of nitro groups is 1. The van der Waals surface area contributed by atoms with Crippen molar-refractivity contribution < 1.29 is 61.1 Å². The van der Waals surface area contributed by atoms with E-state index in [1.807, 2.05) is 5.32 Å². The van der Waals surface area contributed by atoms with E-state index in [0.29, 0.717) is 0 Å². The minimum absolute atomic E-state index is 0.0457. The Hall–Kier alpha value is -3.96. The number of hydrogen-bond acceptors (Lipinski definition) is 9. The fourth-order valence-corrected chi connectivity index (χ4v) is 4.80. The zero-order valence-electron chi connectivity index (χ0n) is 21.8. The Morgan fingerprint density at radius 3 is 2.14 bits per heavy atom. The first-order valence-electron chi connectivity index (χ1n) is 11.8. The molecular formula is C23H22Cl2F3N4O11P. The number of non-ortho nitro benzene ring substituents is 1. The molecule has 0 bridgehead atoms. The molecule has 0 fully saturated rings. The standard InChI is InChI=1S/C23H22Cl2F3N4O11P/c24-19(25)20(35)31-16(10-42-22(37)29-9-17(33)34)18(13-3-7-15(8-4-13)32(38)39)43-44(40,41)11-12-1-5-14(6-2-12)30-21(36)23(26,27)28/h1-8,16,18-19H,9-11H2,(H,29,37)(H,30,36)(H,31,35)(H,33,34)(H,40,41)/t16-,18-/m1/s1. The number of nitrogens with one attached hydrogen (secondary N) is 3. The number of aliphatic carboxylic acids is 1. The lowest BCUT2D eigenvalue weighted by atomic mass is 10.0. The van der Waals surface area contributed by atoms with E-state index >= 15 is 0 Å². The average Bonchev–Trinajstić information content (AvgIpc) is 2.93. The van der Waals surface area contributed by atoms with Crippen LogP contribution in [0, 0.1) is 10.1 Å². The van der Waals surface area contributed by atoms with Gasteiger partial charge in [0, 0.05) is 17.8 Å². The Kier molecular flexibility index (Phi) is 12.9. The molecule has 0 radical (unpaired) electrons. The number of nitro benzene ring substituents is 1. The first-order valence-corrected chi connectivity index (χ1v) is 14.4. The number of hydrogen-bond donors (Lipinski definition) is 5. The van der Waals surface area contributed by atoms with Crippen LogP contribution in [0.2, 0.25) is 0 Å². The van der Waals surface area contributed by atoms with E-state index in [1.165, 1.54) is 0 Å². The molecule has 0 spiro atoms. The highest BCUT2D eigenvalue weighted by Crippen LogP contribution is 2.51. The second kappa shape index (κ2) is 15.7. The number of rotatable bonds is 14. The number of carbonyl (C=O) groups excluding carboxylic acids is 3. The summed E-state index contributed by atoms with van der Waals surface area (Å²) in [5.41, 5.74) is -0.652. The zero-order valence-corrected chi connectivity index (χ0v) is 24.2. The summed E-state index contributed by atoms with van der Waals surface area (Å²) in [6, 6.07) is 6.99. The highest BCUT2D eigenvalue weighted by molar-refractivity contribution is 7.51. The maximum atomic E-state index is 13.2. The molecule has 3 amide bonds. The molecule has 21 heteroatoms. The smallest absolute Gasteiger partial charge is 0.471 e. The predicted molar refractivity (Wildman–Crippen MR) is 146 cm³/mol. The van der Waals surface area contributed by atoms with Crippen LogP contribution in [0.5, 0.6) is 0 Å². The molecule has 0 aliphatic heterocycles. The van der Waals surface area contributed by atoms with Gasteiger partial charge >= 0.3 is 31.7 Å². The van der Waals surface area contributed by atoms with Crippen LogP contribution in [-0.2, 0) is 34.4 Å². The van der Waals surface area contributed by atoms with Crippen molar-refractivity contribution in [1.82, 2.24) is 10.6 Å². The summed E-state index contributed by atoms with van der Waals surface area (Å²) in [7, 11) is -4.78. The van der Waals surface area contributed by atoms with Crippen LogP contribution >= 0.6 is 30.8 Å². The lowest BCUT2D eigenvalue weighted by molar-refractivity contribution is -0.384. The zero-order chi connectivity index (χ0) is 33.2. The van der Waals surface area contributed by atoms with Crippen LogP contribution in [0.4, 0.5) is 29.3 Å². The maximum Gasteiger partial charge on any atom is 0.471 e. The number of carboxylic acid groups (broad SMARTS) is 1. The SMILES string of the molecule is O=C(O)CNC(=O)OC[C@@H](NC(=O)C(Cl)Cl)[C@H](OP(=O)(O)Cc1ccc(NC(=O)C(F)(F)F)cc1)c1ccc([N+](=O)[O-])cc1. The third-order valence-electron chi connectivity index (χ3n) is 5.23. The van der Waals surface area contributed by atoms with E-state index < -0.39 is 78.9 Å². The number of alkyl carbamates (subject to hydrolysis) is 1. The normalized spacial score (nSPS) is 14.1. The first-order chi connectivity index (χ1) is 20.4. The summed E-state index contributed by atoms with van der Waals surface area (Å²) in [5.74, 6) is -4.73. The van der Waals surface area contributed by atoms with Gasteiger partial charge in [0.2, 0.25) is 0 Å². The number of carbonyl (C=O) groups is 4. The summed E-state index contributed by atoms with van der Waals surface area (Å²) in [6.45, 7) is -1.67. The highest BCUT2D eigenvalue weighted by atomic mass is 35.5. The number of benzene rings is 2. The fraction of sp³-hybridized carbons (Fsp3) is 0.304. The molecule has 1 unspecified atom stereocenters. The molecule has 0 saturated carbocycles. The summed E-state index contributed by atoms with van der Waals surface area (Å²) in [6.07, 6.45) is -8.88. The van der Waals surface area contributed by atoms with Crippen LogP contribution in [0.15, 0.2) is 48.5 Å². The van der Waals surface area contributed by atoms with Gasteiger partial charge in [-0.05, 0) is 35.4 Å². The number of amides is 3. The molecule has 5 N–H and O–H groups in total. The van der Waals surface area contributed by atoms with Gasteiger partial charge in [0.1, 0.15) is 19.3 Å². The van der Waals surface area contributed by atoms with Crippen molar-refractivity contribution in [3.05, 3.63) is 69.8 Å². The van der Waals surface area contributed by atoms with Crippen molar-refractivity contribution in [3.8, 4) is 0 Å². The Morgan fingerprint density at radius 2 is 1.64 bits per heavy atom. The van der Waals surface area contributed by atoms with Crippen molar-refractivity contribution in [1.29, 1.82) is 0 Å². The van der Waals surface area contributed by atoms with Crippen molar-refractivity contribution >= 4 is 66.0 Å². The molecule has 2 rings (SSSR count). The Morgan fingerprint density at radius 1 is 1.05 bits per heavy atom. The van der Waals surface area contributed by atoms with Crippen molar-refractivity contribution in [3.63, 3.8) is 0 Å². The minimum atomic E-state index is -5.15. The number of alkyl halides is 5. The van der Waals surface area contributed by atoms with Gasteiger partial charge in [0.15, 0.2) is 4.84 Å². The third kappa shape index (κ3) is 12.0. The lowest BCUT2D eigenvalue weighted by Gasteiger charge is -2.30. The van der Waals surface area contributed by atoms with Crippen molar-refractivity contribution in [2.75, 3.05) is 18.5 Å². The second-order valence-electron chi connectivity index (χ2n) is 8.58. The van der Waals surface area contributed by atoms with E-state index in [4.69, 9.17) is 37.6 Å². The molecule has 0 aliphatic carbocycles. The van der Waals surface area contributed by atoms with Crippen LogP contribution in [0.3, 0.4) is 0 Å². The van der Waals surface area contributed by atoms with Crippen LogP contribution < -0.4 is 16.0 Å². The van der Waals surface area contributed by atoms with Gasteiger partial charge in [-0.15, -0.1) is 0 Å². The quantitative estimate of drug-likeness (QED) is 0.0834. The second-order valence-corrected chi connectivity index (χ2v) is 11.5. The molecule has 0 aromatic heterocycles. The van der Waals surface area contributed by atoms with Gasteiger partial charge in [-0.25, -0.2) is 4.79 Å². The van der Waals surface area contributed by atoms with Gasteiger partial charge in [0.25, 0.3) is 11.6 Å². The molecule has 2 aromatic carbocycles. The summed E-state index contributed by atoms with van der Waals surface area (Å²) in [4.78, 5) is 65.5. The molecule has 0 saturated heterocycles. The summed E-state index contributed by atoms with van der Waals surface area (Å²) in [5, 5.41) is 25.5. The molecule has 2 aromatic rings. The van der Waals surface area contributed by atoms with Crippen molar-refractivity contribution in [2.24, 2.45) is 0 Å². The van der Waals surface area contributed by atoms with E-state index in [-0.39, 0.29) is 22.5 Å².